The normalized spacial score (nSPS) is 21.3. The molecule has 2 aromatic heterocycles. The molecule has 0 radical (unpaired) electrons. The van der Waals surface area contributed by atoms with Gasteiger partial charge in [0, 0.05) is 32.7 Å². The fourth-order valence-electron chi connectivity index (χ4n) is 3.77. The molecule has 138 valence electrons. The number of nitrogens with zero attached hydrogens (tertiary/aromatic N) is 3. The highest BCUT2D eigenvalue weighted by atomic mass is 16.3. The Morgan fingerprint density at radius 1 is 1.00 bits per heavy atom. The first-order valence-corrected chi connectivity index (χ1v) is 9.10. The molecule has 2 aromatic rings. The smallest absolute Gasteiger partial charge is 0.290 e. The summed E-state index contributed by atoms with van der Waals surface area (Å²) in [6.07, 6.45) is 4.73. The number of carbonyl (C=O) groups excluding carboxylic acids is 2. The molecule has 0 spiro atoms. The van der Waals surface area contributed by atoms with Gasteiger partial charge in [0.05, 0.1) is 19.1 Å². The SMILES string of the molecule is O=C([C@H]1CCCN1C(=O)c1ccco1)N1CCN(Cc2ccco2)CC1. The van der Waals surface area contributed by atoms with Gasteiger partial charge >= 0.3 is 0 Å². The molecule has 0 N–H and O–H groups in total. The number of hydrogen-bond acceptors (Lipinski definition) is 5. The van der Waals surface area contributed by atoms with Gasteiger partial charge in [-0.1, -0.05) is 0 Å². The molecule has 7 heteroatoms. The quantitative estimate of drug-likeness (QED) is 0.835. The lowest BCUT2D eigenvalue weighted by Gasteiger charge is -2.36. The van der Waals surface area contributed by atoms with E-state index in [0.717, 1.165) is 38.2 Å². The van der Waals surface area contributed by atoms with Crippen LogP contribution in [-0.4, -0.2) is 65.3 Å². The maximum Gasteiger partial charge on any atom is 0.290 e. The lowest BCUT2D eigenvalue weighted by Crippen LogP contribution is -2.54. The van der Waals surface area contributed by atoms with Crippen molar-refractivity contribution >= 4 is 11.8 Å². The molecule has 1 atom stereocenters. The summed E-state index contributed by atoms with van der Waals surface area (Å²) < 4.78 is 10.6. The maximum absolute atomic E-state index is 13.0. The second kappa shape index (κ2) is 7.37. The molecule has 4 heterocycles. The average molecular weight is 357 g/mol. The maximum atomic E-state index is 13.0. The summed E-state index contributed by atoms with van der Waals surface area (Å²) in [5.74, 6) is 1.10. The van der Waals surface area contributed by atoms with Crippen LogP contribution >= 0.6 is 0 Å². The van der Waals surface area contributed by atoms with Crippen LogP contribution in [0.5, 0.6) is 0 Å². The van der Waals surface area contributed by atoms with Gasteiger partial charge in [0.1, 0.15) is 11.8 Å². The van der Waals surface area contributed by atoms with E-state index in [-0.39, 0.29) is 17.9 Å². The minimum absolute atomic E-state index is 0.0556. The van der Waals surface area contributed by atoms with Crippen LogP contribution in [-0.2, 0) is 11.3 Å². The summed E-state index contributed by atoms with van der Waals surface area (Å²) in [4.78, 5) is 31.4. The number of rotatable bonds is 4. The van der Waals surface area contributed by atoms with Crippen LogP contribution in [0.4, 0.5) is 0 Å². The minimum atomic E-state index is -0.371. The topological polar surface area (TPSA) is 70.1 Å². The summed E-state index contributed by atoms with van der Waals surface area (Å²) in [7, 11) is 0. The highest BCUT2D eigenvalue weighted by molar-refractivity contribution is 5.96. The van der Waals surface area contributed by atoms with Crippen LogP contribution in [0.25, 0.3) is 0 Å². The van der Waals surface area contributed by atoms with Gasteiger partial charge in [-0.25, -0.2) is 0 Å². The van der Waals surface area contributed by atoms with Crippen molar-refractivity contribution in [2.45, 2.75) is 25.4 Å². The molecule has 0 aromatic carbocycles. The fraction of sp³-hybridized carbons (Fsp3) is 0.474. The third-order valence-corrected chi connectivity index (χ3v) is 5.17. The molecule has 2 amide bonds. The van der Waals surface area contributed by atoms with Crippen LogP contribution < -0.4 is 0 Å². The van der Waals surface area contributed by atoms with Crippen molar-refractivity contribution < 1.29 is 18.4 Å². The molecule has 0 aliphatic carbocycles. The molecular formula is C19H23N3O4. The van der Waals surface area contributed by atoms with E-state index in [0.29, 0.717) is 25.4 Å². The van der Waals surface area contributed by atoms with Crippen molar-refractivity contribution in [3.8, 4) is 0 Å². The third-order valence-electron chi connectivity index (χ3n) is 5.17. The highest BCUT2D eigenvalue weighted by Crippen LogP contribution is 2.23. The predicted molar refractivity (Wildman–Crippen MR) is 93.3 cm³/mol. The first-order valence-electron chi connectivity index (χ1n) is 9.10. The second-order valence-electron chi connectivity index (χ2n) is 6.81. The Bertz CT molecular complexity index is 733. The number of furan rings is 2. The molecule has 2 aliphatic heterocycles. The Morgan fingerprint density at radius 3 is 2.46 bits per heavy atom. The van der Waals surface area contributed by atoms with Gasteiger partial charge in [-0.2, -0.15) is 0 Å². The average Bonchev–Trinajstić information content (AvgIpc) is 3.42. The monoisotopic (exact) mass is 357 g/mol. The Hall–Kier alpha value is -2.54. The van der Waals surface area contributed by atoms with E-state index in [9.17, 15) is 9.59 Å². The van der Waals surface area contributed by atoms with Crippen molar-refractivity contribution in [3.05, 3.63) is 48.3 Å². The Balaban J connectivity index is 1.34. The molecule has 0 unspecified atom stereocenters. The van der Waals surface area contributed by atoms with Gasteiger partial charge < -0.3 is 18.6 Å². The van der Waals surface area contributed by atoms with E-state index in [4.69, 9.17) is 8.83 Å². The Labute approximate surface area is 152 Å². The summed E-state index contributed by atoms with van der Waals surface area (Å²) >= 11 is 0. The predicted octanol–water partition coefficient (Wildman–Crippen LogP) is 1.82. The summed E-state index contributed by atoms with van der Waals surface area (Å²) in [5.41, 5.74) is 0. The van der Waals surface area contributed by atoms with Crippen molar-refractivity contribution in [2.75, 3.05) is 32.7 Å². The van der Waals surface area contributed by atoms with Crippen LogP contribution in [0.1, 0.15) is 29.2 Å². The Kier molecular flexibility index (Phi) is 4.79. The lowest BCUT2D eigenvalue weighted by atomic mass is 10.1. The van der Waals surface area contributed by atoms with Gasteiger partial charge in [-0.3, -0.25) is 14.5 Å². The van der Waals surface area contributed by atoms with Gasteiger partial charge in [0.25, 0.3) is 5.91 Å². The number of likely N-dealkylation sites (tertiary alicyclic amines) is 1. The standard InChI is InChI=1S/C19H23N3O4/c23-18(16-5-1-7-22(16)19(24)17-6-3-13-26-17)21-10-8-20(9-11-21)14-15-4-2-12-25-15/h2-4,6,12-13,16H,1,5,7-11,14H2/t16-/m1/s1. The number of carbonyl (C=O) groups is 2. The van der Waals surface area contributed by atoms with Crippen molar-refractivity contribution in [2.24, 2.45) is 0 Å². The molecule has 7 nitrogen and oxygen atoms in total. The van der Waals surface area contributed by atoms with Crippen LogP contribution in [0.2, 0.25) is 0 Å². The zero-order valence-electron chi connectivity index (χ0n) is 14.7. The lowest BCUT2D eigenvalue weighted by molar-refractivity contribution is -0.137. The Morgan fingerprint density at radius 2 is 1.77 bits per heavy atom. The van der Waals surface area contributed by atoms with E-state index < -0.39 is 0 Å². The molecule has 2 fully saturated rings. The fourth-order valence-corrected chi connectivity index (χ4v) is 3.77. The van der Waals surface area contributed by atoms with Crippen molar-refractivity contribution in [3.63, 3.8) is 0 Å². The molecule has 0 saturated carbocycles. The van der Waals surface area contributed by atoms with E-state index in [2.05, 4.69) is 4.90 Å². The van der Waals surface area contributed by atoms with Crippen LogP contribution in [0.15, 0.2) is 45.6 Å². The zero-order valence-corrected chi connectivity index (χ0v) is 14.7. The van der Waals surface area contributed by atoms with Gasteiger partial charge in [-0.15, -0.1) is 0 Å². The summed E-state index contributed by atoms with van der Waals surface area (Å²) in [6, 6.07) is 6.83. The van der Waals surface area contributed by atoms with Gasteiger partial charge in [0.2, 0.25) is 5.91 Å². The summed E-state index contributed by atoms with van der Waals surface area (Å²) in [6.45, 7) is 4.35. The van der Waals surface area contributed by atoms with E-state index in [1.165, 1.54) is 6.26 Å². The van der Waals surface area contributed by atoms with Crippen molar-refractivity contribution in [1.82, 2.24) is 14.7 Å². The largest absolute Gasteiger partial charge is 0.468 e. The van der Waals surface area contributed by atoms with Gasteiger partial charge in [0.15, 0.2) is 5.76 Å². The molecule has 2 aliphatic rings. The minimum Gasteiger partial charge on any atom is -0.468 e. The van der Waals surface area contributed by atoms with E-state index in [1.807, 2.05) is 17.0 Å². The summed E-state index contributed by atoms with van der Waals surface area (Å²) in [5, 5.41) is 0. The number of amides is 2. The number of hydrogen-bond donors (Lipinski definition) is 0. The van der Waals surface area contributed by atoms with Crippen LogP contribution in [0, 0.1) is 0 Å². The number of piperazine rings is 1. The van der Waals surface area contributed by atoms with Crippen LogP contribution in [0.3, 0.4) is 0 Å². The molecular weight excluding hydrogens is 334 g/mol. The van der Waals surface area contributed by atoms with Crippen molar-refractivity contribution in [1.29, 1.82) is 0 Å². The highest BCUT2D eigenvalue weighted by Gasteiger charge is 2.38. The molecule has 26 heavy (non-hydrogen) atoms. The molecule has 2 saturated heterocycles. The first-order chi connectivity index (χ1) is 12.7. The van der Waals surface area contributed by atoms with E-state index in [1.54, 1.807) is 23.3 Å². The molecule has 0 bridgehead atoms. The molecule has 4 rings (SSSR count). The van der Waals surface area contributed by atoms with Gasteiger partial charge in [-0.05, 0) is 37.1 Å². The van der Waals surface area contributed by atoms with E-state index >= 15 is 0 Å². The first kappa shape index (κ1) is 16.9. The zero-order chi connectivity index (χ0) is 17.9. The second-order valence-corrected chi connectivity index (χ2v) is 6.81. The third kappa shape index (κ3) is 3.39.